The summed E-state index contributed by atoms with van der Waals surface area (Å²) in [5.41, 5.74) is -0.247. The highest BCUT2D eigenvalue weighted by Gasteiger charge is 2.26. The number of nitrogens with zero attached hydrogens (tertiary/aromatic N) is 1. The van der Waals surface area contributed by atoms with Gasteiger partial charge in [-0.25, -0.2) is 4.39 Å². The Morgan fingerprint density at radius 1 is 1.58 bits per heavy atom. The van der Waals surface area contributed by atoms with E-state index in [2.05, 4.69) is 10.5 Å². The Balaban J connectivity index is 2.86. The second-order valence-electron chi connectivity index (χ2n) is 4.98. The van der Waals surface area contributed by atoms with Crippen molar-refractivity contribution >= 4 is 5.91 Å². The molecule has 0 fully saturated rings. The molecular formula is C13H21FN2O3. The molecule has 0 aliphatic heterocycles. The molecule has 0 aromatic carbocycles. The fourth-order valence-electron chi connectivity index (χ4n) is 1.61. The maximum atomic E-state index is 13.6. The van der Waals surface area contributed by atoms with Crippen LogP contribution in [0.1, 0.15) is 55.7 Å². The summed E-state index contributed by atoms with van der Waals surface area (Å²) in [5.74, 6) is -0.0424. The predicted octanol–water partition coefficient (Wildman–Crippen LogP) is 2.42. The van der Waals surface area contributed by atoms with Crippen LogP contribution in [0.4, 0.5) is 4.39 Å². The number of amides is 1. The molecule has 0 aliphatic carbocycles. The topological polar surface area (TPSA) is 64.4 Å². The lowest BCUT2D eigenvalue weighted by Crippen LogP contribution is -2.40. The van der Waals surface area contributed by atoms with Crippen LogP contribution in [-0.4, -0.2) is 30.3 Å². The van der Waals surface area contributed by atoms with E-state index in [4.69, 9.17) is 9.26 Å². The van der Waals surface area contributed by atoms with E-state index < -0.39 is 17.7 Å². The van der Waals surface area contributed by atoms with Crippen molar-refractivity contribution < 1.29 is 18.4 Å². The third kappa shape index (κ3) is 3.76. The highest BCUT2D eigenvalue weighted by atomic mass is 19.1. The fraction of sp³-hybridized carbons (Fsp3) is 0.692. The van der Waals surface area contributed by atoms with Gasteiger partial charge in [-0.3, -0.25) is 4.79 Å². The van der Waals surface area contributed by atoms with E-state index in [0.29, 0.717) is 18.7 Å². The van der Waals surface area contributed by atoms with Gasteiger partial charge in [0.05, 0.1) is 11.2 Å². The van der Waals surface area contributed by atoms with Gasteiger partial charge in [0.25, 0.3) is 5.91 Å². The van der Waals surface area contributed by atoms with Gasteiger partial charge in [-0.05, 0) is 20.8 Å². The van der Waals surface area contributed by atoms with Gasteiger partial charge < -0.3 is 14.6 Å². The lowest BCUT2D eigenvalue weighted by molar-refractivity contribution is 0.0227. The molecule has 0 saturated carbocycles. The Kier molecular flexibility index (Phi) is 5.05. The molecule has 6 heteroatoms. The van der Waals surface area contributed by atoms with Crippen molar-refractivity contribution in [3.05, 3.63) is 17.0 Å². The van der Waals surface area contributed by atoms with E-state index in [-0.39, 0.29) is 11.3 Å². The number of alkyl halides is 1. The van der Waals surface area contributed by atoms with Crippen molar-refractivity contribution in [2.75, 3.05) is 13.7 Å². The van der Waals surface area contributed by atoms with Crippen molar-refractivity contribution in [1.29, 1.82) is 0 Å². The van der Waals surface area contributed by atoms with E-state index in [1.165, 1.54) is 6.92 Å². The first-order chi connectivity index (χ1) is 8.82. The Hall–Kier alpha value is -1.43. The molecule has 1 N–H and O–H groups in total. The largest absolute Gasteiger partial charge is 0.377 e. The number of carbonyl (C=O) groups excluding carboxylic acids is 1. The number of methoxy groups -OCH3 is 1. The molecule has 0 saturated heterocycles. The summed E-state index contributed by atoms with van der Waals surface area (Å²) in [6.07, 6.45) is -0.801. The summed E-state index contributed by atoms with van der Waals surface area (Å²) in [7, 11) is 1.56. The minimum atomic E-state index is -1.29. The van der Waals surface area contributed by atoms with Crippen LogP contribution < -0.4 is 5.32 Å². The van der Waals surface area contributed by atoms with Crippen molar-refractivity contribution in [2.45, 2.75) is 45.9 Å². The van der Waals surface area contributed by atoms with Crippen LogP contribution in [0.15, 0.2) is 4.52 Å². The summed E-state index contributed by atoms with van der Waals surface area (Å²) in [4.78, 5) is 12.0. The molecule has 0 bridgehead atoms. The van der Waals surface area contributed by atoms with Crippen LogP contribution in [0.2, 0.25) is 0 Å². The molecule has 0 spiro atoms. The van der Waals surface area contributed by atoms with Gasteiger partial charge >= 0.3 is 0 Å². The fourth-order valence-corrected chi connectivity index (χ4v) is 1.61. The lowest BCUT2D eigenvalue weighted by atomic mass is 10.1. The lowest BCUT2D eigenvalue weighted by Gasteiger charge is -2.22. The molecule has 1 unspecified atom stereocenters. The average Bonchev–Trinajstić information content (AvgIpc) is 2.80. The van der Waals surface area contributed by atoms with Gasteiger partial charge in [0.2, 0.25) is 0 Å². The highest BCUT2D eigenvalue weighted by molar-refractivity contribution is 5.94. The molecule has 108 valence electrons. The van der Waals surface area contributed by atoms with Gasteiger partial charge in [0.1, 0.15) is 11.9 Å². The number of rotatable bonds is 6. The monoisotopic (exact) mass is 272 g/mol. The molecule has 19 heavy (non-hydrogen) atoms. The Bertz CT molecular complexity index is 441. The van der Waals surface area contributed by atoms with Gasteiger partial charge in [0, 0.05) is 20.1 Å². The van der Waals surface area contributed by atoms with E-state index >= 15 is 0 Å². The molecule has 1 aromatic heterocycles. The minimum Gasteiger partial charge on any atom is -0.377 e. The van der Waals surface area contributed by atoms with E-state index in [1.54, 1.807) is 7.11 Å². The molecule has 1 aromatic rings. The van der Waals surface area contributed by atoms with Crippen LogP contribution in [0.25, 0.3) is 0 Å². The first-order valence-corrected chi connectivity index (χ1v) is 6.28. The first kappa shape index (κ1) is 15.6. The zero-order valence-corrected chi connectivity index (χ0v) is 12.0. The maximum Gasteiger partial charge on any atom is 0.273 e. The second-order valence-corrected chi connectivity index (χ2v) is 4.98. The highest BCUT2D eigenvalue weighted by Crippen LogP contribution is 2.25. The van der Waals surface area contributed by atoms with Crippen molar-refractivity contribution in [2.24, 2.45) is 0 Å². The van der Waals surface area contributed by atoms with E-state index in [9.17, 15) is 9.18 Å². The summed E-state index contributed by atoms with van der Waals surface area (Å²) in [5, 5.41) is 6.34. The number of nitrogens with one attached hydrogen (secondary N) is 1. The number of aromatic nitrogens is 1. The zero-order chi connectivity index (χ0) is 14.6. The number of carbonyl (C=O) groups is 1. The van der Waals surface area contributed by atoms with Gasteiger partial charge in [-0.15, -0.1) is 0 Å². The number of aryl methyl sites for hydroxylation is 1. The average molecular weight is 272 g/mol. The maximum absolute atomic E-state index is 13.6. The van der Waals surface area contributed by atoms with Gasteiger partial charge in [0.15, 0.2) is 5.69 Å². The van der Waals surface area contributed by atoms with Gasteiger partial charge in [-0.1, -0.05) is 12.1 Å². The summed E-state index contributed by atoms with van der Waals surface area (Å²) >= 11 is 0. The standard InChI is InChI=1S/C13H21FN2O3/c1-6-9-10(8(2)14)11(16-19-9)12(17)15-7-13(3,4)18-5/h8H,6-7H2,1-5H3,(H,15,17). The Morgan fingerprint density at radius 2 is 2.21 bits per heavy atom. The minimum absolute atomic E-state index is 0.0127. The van der Waals surface area contributed by atoms with E-state index in [0.717, 1.165) is 0 Å². The van der Waals surface area contributed by atoms with E-state index in [1.807, 2.05) is 20.8 Å². The number of hydrogen-bond acceptors (Lipinski definition) is 4. The predicted molar refractivity (Wildman–Crippen MR) is 68.8 cm³/mol. The molecule has 1 amide bonds. The number of ether oxygens (including phenoxy) is 1. The molecular weight excluding hydrogens is 251 g/mol. The molecule has 5 nitrogen and oxygen atoms in total. The van der Waals surface area contributed by atoms with Gasteiger partial charge in [-0.2, -0.15) is 0 Å². The molecule has 1 rings (SSSR count). The smallest absolute Gasteiger partial charge is 0.273 e. The Morgan fingerprint density at radius 3 is 2.68 bits per heavy atom. The number of halogens is 1. The normalized spacial score (nSPS) is 13.4. The van der Waals surface area contributed by atoms with Crippen LogP contribution in [-0.2, 0) is 11.2 Å². The third-order valence-electron chi connectivity index (χ3n) is 2.96. The first-order valence-electron chi connectivity index (χ1n) is 6.28. The van der Waals surface area contributed by atoms with Crippen molar-refractivity contribution in [3.8, 4) is 0 Å². The van der Waals surface area contributed by atoms with Crippen LogP contribution in [0.5, 0.6) is 0 Å². The summed E-state index contributed by atoms with van der Waals surface area (Å²) in [6, 6.07) is 0. The SMILES string of the molecule is CCc1onc(C(=O)NCC(C)(C)OC)c1C(C)F. The van der Waals surface area contributed by atoms with Crippen molar-refractivity contribution in [3.63, 3.8) is 0 Å². The number of hydrogen-bond donors (Lipinski definition) is 1. The molecule has 1 heterocycles. The summed E-state index contributed by atoms with van der Waals surface area (Å²) < 4.78 is 23.8. The second kappa shape index (κ2) is 6.14. The zero-order valence-electron chi connectivity index (χ0n) is 12.0. The third-order valence-corrected chi connectivity index (χ3v) is 2.96. The van der Waals surface area contributed by atoms with Crippen molar-refractivity contribution in [1.82, 2.24) is 10.5 Å². The quantitative estimate of drug-likeness (QED) is 0.863. The van der Waals surface area contributed by atoms with Crippen LogP contribution in [0, 0.1) is 0 Å². The van der Waals surface area contributed by atoms with Crippen LogP contribution >= 0.6 is 0 Å². The summed E-state index contributed by atoms with van der Waals surface area (Å²) in [6.45, 7) is 7.17. The molecule has 0 radical (unpaired) electrons. The molecule has 1 atom stereocenters. The molecule has 0 aliphatic rings. The van der Waals surface area contributed by atoms with Crippen LogP contribution in [0.3, 0.4) is 0 Å². The Labute approximate surface area is 112 Å².